The van der Waals surface area contributed by atoms with Crippen molar-refractivity contribution >= 4 is 27.5 Å². The van der Waals surface area contributed by atoms with Crippen molar-refractivity contribution in [3.05, 3.63) is 39.6 Å². The molecule has 1 heterocycles. The number of nitrogens with zero attached hydrogens (tertiary/aromatic N) is 3. The van der Waals surface area contributed by atoms with E-state index in [1.54, 1.807) is 4.68 Å². The minimum Gasteiger partial charge on any atom is -0.322 e. The van der Waals surface area contributed by atoms with Crippen LogP contribution in [0.4, 0.5) is 0 Å². The van der Waals surface area contributed by atoms with Crippen molar-refractivity contribution in [1.29, 1.82) is 0 Å². The average Bonchev–Trinajstić information content (AvgIpc) is 2.77. The fourth-order valence-electron chi connectivity index (χ4n) is 1.56. The molecule has 2 rings (SSSR count). The second kappa shape index (κ2) is 5.38. The van der Waals surface area contributed by atoms with E-state index in [1.807, 2.05) is 24.4 Å². The number of hydrogen-bond acceptors (Lipinski definition) is 3. The van der Waals surface area contributed by atoms with Gasteiger partial charge in [0.25, 0.3) is 0 Å². The molecule has 2 N–H and O–H groups in total. The highest BCUT2D eigenvalue weighted by molar-refractivity contribution is 9.10. The van der Waals surface area contributed by atoms with Gasteiger partial charge in [0.05, 0.1) is 22.9 Å². The zero-order valence-corrected chi connectivity index (χ0v) is 12.5. The summed E-state index contributed by atoms with van der Waals surface area (Å²) in [4.78, 5) is 0. The number of benzene rings is 1. The minimum absolute atomic E-state index is 0.118. The van der Waals surface area contributed by atoms with E-state index in [0.29, 0.717) is 10.9 Å². The van der Waals surface area contributed by atoms with Crippen molar-refractivity contribution < 1.29 is 0 Å². The highest BCUT2D eigenvalue weighted by Crippen LogP contribution is 2.25. The predicted octanol–water partition coefficient (Wildman–Crippen LogP) is 3.34. The van der Waals surface area contributed by atoms with E-state index in [-0.39, 0.29) is 6.04 Å². The number of aromatic nitrogens is 3. The summed E-state index contributed by atoms with van der Waals surface area (Å²) in [7, 11) is 0. The zero-order chi connectivity index (χ0) is 13.3. The molecule has 0 spiro atoms. The van der Waals surface area contributed by atoms with Gasteiger partial charge in [0.2, 0.25) is 0 Å². The van der Waals surface area contributed by atoms with Crippen molar-refractivity contribution in [2.45, 2.75) is 19.9 Å². The van der Waals surface area contributed by atoms with Gasteiger partial charge in [-0.05, 0) is 24.1 Å². The van der Waals surface area contributed by atoms with Crippen LogP contribution in [-0.2, 0) is 0 Å². The van der Waals surface area contributed by atoms with Gasteiger partial charge in [-0.1, -0.05) is 46.6 Å². The van der Waals surface area contributed by atoms with Crippen molar-refractivity contribution in [2.75, 3.05) is 0 Å². The average molecular weight is 330 g/mol. The van der Waals surface area contributed by atoms with Crippen molar-refractivity contribution in [2.24, 2.45) is 11.7 Å². The van der Waals surface area contributed by atoms with Crippen LogP contribution >= 0.6 is 27.5 Å². The Morgan fingerprint density at radius 2 is 2.11 bits per heavy atom. The topological polar surface area (TPSA) is 56.7 Å². The van der Waals surface area contributed by atoms with Gasteiger partial charge < -0.3 is 5.73 Å². The molecule has 4 nitrogen and oxygen atoms in total. The van der Waals surface area contributed by atoms with E-state index < -0.39 is 0 Å². The van der Waals surface area contributed by atoms with E-state index in [4.69, 9.17) is 17.3 Å². The summed E-state index contributed by atoms with van der Waals surface area (Å²) in [6.45, 7) is 4.10. The zero-order valence-electron chi connectivity index (χ0n) is 10.1. The van der Waals surface area contributed by atoms with Gasteiger partial charge in [-0.25, -0.2) is 4.68 Å². The monoisotopic (exact) mass is 328 g/mol. The van der Waals surface area contributed by atoms with Gasteiger partial charge in [0, 0.05) is 4.47 Å². The van der Waals surface area contributed by atoms with Gasteiger partial charge in [-0.3, -0.25) is 0 Å². The molecule has 2 aromatic rings. The van der Waals surface area contributed by atoms with Crippen LogP contribution in [0.5, 0.6) is 0 Å². The smallest absolute Gasteiger partial charge is 0.100 e. The van der Waals surface area contributed by atoms with E-state index in [1.165, 1.54) is 0 Å². The predicted molar refractivity (Wildman–Crippen MR) is 75.8 cm³/mol. The molecule has 6 heteroatoms. The maximum atomic E-state index is 6.17. The first-order chi connectivity index (χ1) is 8.49. The Bertz CT molecular complexity index is 553. The van der Waals surface area contributed by atoms with Crippen LogP contribution in [0, 0.1) is 5.92 Å². The molecule has 0 aliphatic heterocycles. The Morgan fingerprint density at radius 3 is 2.72 bits per heavy atom. The van der Waals surface area contributed by atoms with Crippen LogP contribution in [0.1, 0.15) is 25.6 Å². The maximum Gasteiger partial charge on any atom is 0.100 e. The first-order valence-electron chi connectivity index (χ1n) is 5.62. The van der Waals surface area contributed by atoms with Crippen molar-refractivity contribution in [1.82, 2.24) is 15.0 Å². The van der Waals surface area contributed by atoms with Crippen LogP contribution < -0.4 is 5.73 Å². The summed E-state index contributed by atoms with van der Waals surface area (Å²) < 4.78 is 2.57. The fraction of sp³-hybridized carbons (Fsp3) is 0.333. The molecule has 1 unspecified atom stereocenters. The summed E-state index contributed by atoms with van der Waals surface area (Å²) in [6.07, 6.45) is 1.82. The summed E-state index contributed by atoms with van der Waals surface area (Å²) in [6, 6.07) is 5.49. The molecule has 0 saturated carbocycles. The summed E-state index contributed by atoms with van der Waals surface area (Å²) in [5.74, 6) is 0.315. The minimum atomic E-state index is -0.118. The molecule has 18 heavy (non-hydrogen) atoms. The van der Waals surface area contributed by atoms with Gasteiger partial charge >= 0.3 is 0 Å². The first kappa shape index (κ1) is 13.5. The molecular formula is C12H14BrClN4. The van der Waals surface area contributed by atoms with E-state index in [2.05, 4.69) is 40.1 Å². The lowest BCUT2D eigenvalue weighted by molar-refractivity contribution is 0.502. The highest BCUT2D eigenvalue weighted by Gasteiger charge is 2.15. The van der Waals surface area contributed by atoms with E-state index in [9.17, 15) is 0 Å². The van der Waals surface area contributed by atoms with Crippen LogP contribution in [-0.4, -0.2) is 15.0 Å². The van der Waals surface area contributed by atoms with Crippen molar-refractivity contribution in [3.63, 3.8) is 0 Å². The SMILES string of the molecule is CC(C)C(N)c1cn(-c2ccc(Br)cc2Cl)nn1. The number of rotatable bonds is 3. The molecule has 0 radical (unpaired) electrons. The lowest BCUT2D eigenvalue weighted by Gasteiger charge is -2.11. The largest absolute Gasteiger partial charge is 0.322 e. The molecule has 1 atom stereocenters. The second-order valence-electron chi connectivity index (χ2n) is 4.45. The Kier molecular flexibility index (Phi) is 4.04. The normalized spacial score (nSPS) is 13.0. The fourth-order valence-corrected chi connectivity index (χ4v) is 2.32. The van der Waals surface area contributed by atoms with Gasteiger partial charge in [0.15, 0.2) is 0 Å². The van der Waals surface area contributed by atoms with Crippen molar-refractivity contribution in [3.8, 4) is 5.69 Å². The third kappa shape index (κ3) is 2.74. The molecule has 1 aromatic carbocycles. The van der Waals surface area contributed by atoms with E-state index >= 15 is 0 Å². The molecule has 0 aliphatic rings. The Labute approximate surface area is 119 Å². The molecule has 0 amide bonds. The quantitative estimate of drug-likeness (QED) is 0.939. The molecule has 0 fully saturated rings. The third-order valence-electron chi connectivity index (χ3n) is 2.73. The molecular weight excluding hydrogens is 316 g/mol. The molecule has 0 aliphatic carbocycles. The molecule has 0 saturated heterocycles. The number of nitrogens with two attached hydrogens (primary N) is 1. The highest BCUT2D eigenvalue weighted by atomic mass is 79.9. The van der Waals surface area contributed by atoms with E-state index in [0.717, 1.165) is 15.9 Å². The summed E-state index contributed by atoms with van der Waals surface area (Å²) in [5.41, 5.74) is 7.59. The number of hydrogen-bond donors (Lipinski definition) is 1. The lowest BCUT2D eigenvalue weighted by atomic mass is 10.0. The van der Waals surface area contributed by atoms with Crippen LogP contribution in [0.2, 0.25) is 5.02 Å². The van der Waals surface area contributed by atoms with Crippen LogP contribution in [0.15, 0.2) is 28.9 Å². The third-order valence-corrected chi connectivity index (χ3v) is 3.52. The Morgan fingerprint density at radius 1 is 1.39 bits per heavy atom. The maximum absolute atomic E-state index is 6.17. The second-order valence-corrected chi connectivity index (χ2v) is 5.78. The Hall–Kier alpha value is -0.910. The standard InChI is InChI=1S/C12H14BrClN4/c1-7(2)12(15)10-6-18(17-16-10)11-4-3-8(13)5-9(11)14/h3-7,12H,15H2,1-2H3. The molecule has 1 aromatic heterocycles. The van der Waals surface area contributed by atoms with Crippen LogP contribution in [0.25, 0.3) is 5.69 Å². The molecule has 96 valence electrons. The van der Waals surface area contributed by atoms with Gasteiger partial charge in [0.1, 0.15) is 5.69 Å². The van der Waals surface area contributed by atoms with Gasteiger partial charge in [-0.15, -0.1) is 5.10 Å². The lowest BCUT2D eigenvalue weighted by Crippen LogP contribution is -2.17. The molecule has 0 bridgehead atoms. The Balaban J connectivity index is 2.35. The van der Waals surface area contributed by atoms with Gasteiger partial charge in [-0.2, -0.15) is 0 Å². The first-order valence-corrected chi connectivity index (χ1v) is 6.79. The van der Waals surface area contributed by atoms with Crippen LogP contribution in [0.3, 0.4) is 0 Å². The number of halogens is 2. The summed E-state index contributed by atoms with van der Waals surface area (Å²) in [5, 5.41) is 8.77. The summed E-state index contributed by atoms with van der Waals surface area (Å²) >= 11 is 9.53.